The monoisotopic (exact) mass is 381 g/mol. The molecule has 1 heterocycles. The molecule has 0 bridgehead atoms. The Morgan fingerprint density at radius 3 is 2.36 bits per heavy atom. The molecule has 0 spiro atoms. The molecule has 0 atom stereocenters. The van der Waals surface area contributed by atoms with Gasteiger partial charge in [-0.15, -0.1) is 11.3 Å². The summed E-state index contributed by atoms with van der Waals surface area (Å²) in [4.78, 5) is 16.1. The molecule has 1 aromatic carbocycles. The number of thiazole rings is 1. The molecule has 2 aromatic rings. The molecule has 0 fully saturated rings. The summed E-state index contributed by atoms with van der Waals surface area (Å²) >= 11 is 1.34. The van der Waals surface area contributed by atoms with Gasteiger partial charge in [0.15, 0.2) is 5.13 Å². The molecule has 0 saturated carbocycles. The normalized spacial score (nSPS) is 12.2. The number of rotatable bonds is 6. The second-order valence-corrected chi connectivity index (χ2v) is 9.39. The van der Waals surface area contributed by atoms with E-state index in [4.69, 9.17) is 0 Å². The largest absolute Gasteiger partial charge is 0.302 e. The lowest BCUT2D eigenvalue weighted by Crippen LogP contribution is -2.28. The number of sulfonamides is 1. The molecule has 25 heavy (non-hydrogen) atoms. The molecule has 1 amide bonds. The van der Waals surface area contributed by atoms with Crippen LogP contribution in [0.1, 0.15) is 38.4 Å². The van der Waals surface area contributed by atoms with E-state index in [1.807, 2.05) is 24.4 Å². The van der Waals surface area contributed by atoms with Crippen molar-refractivity contribution in [3.8, 4) is 0 Å². The molecule has 1 aromatic heterocycles. The number of benzene rings is 1. The maximum Gasteiger partial charge on any atom is 0.240 e. The van der Waals surface area contributed by atoms with Gasteiger partial charge in [0.25, 0.3) is 0 Å². The first-order valence-corrected chi connectivity index (χ1v) is 10.3. The van der Waals surface area contributed by atoms with Crippen molar-refractivity contribution >= 4 is 32.4 Å². The number of nitrogens with zero attached hydrogens (tertiary/aromatic N) is 1. The molecule has 0 saturated heterocycles. The summed E-state index contributed by atoms with van der Waals surface area (Å²) in [7, 11) is -3.63. The highest BCUT2D eigenvalue weighted by Gasteiger charge is 2.17. The summed E-state index contributed by atoms with van der Waals surface area (Å²) in [5, 5.41) is 5.00. The predicted octanol–water partition coefficient (Wildman–Crippen LogP) is 3.06. The van der Waals surface area contributed by atoms with Gasteiger partial charge >= 0.3 is 0 Å². The number of nitrogens with one attached hydrogen (secondary N) is 2. The third kappa shape index (κ3) is 5.62. The van der Waals surface area contributed by atoms with Crippen LogP contribution in [0, 0.1) is 6.92 Å². The number of amides is 1. The topological polar surface area (TPSA) is 88.2 Å². The number of anilines is 1. The molecule has 0 aliphatic carbocycles. The van der Waals surface area contributed by atoms with Gasteiger partial charge in [0, 0.05) is 18.3 Å². The zero-order chi connectivity index (χ0) is 18.7. The molecule has 136 valence electrons. The van der Waals surface area contributed by atoms with E-state index in [0.29, 0.717) is 5.13 Å². The van der Waals surface area contributed by atoms with Crippen LogP contribution >= 0.6 is 11.3 Å². The molecule has 6 nitrogen and oxygen atoms in total. The average molecular weight is 382 g/mol. The van der Waals surface area contributed by atoms with Gasteiger partial charge in [0.1, 0.15) is 0 Å². The summed E-state index contributed by atoms with van der Waals surface area (Å²) < 4.78 is 27.0. The van der Waals surface area contributed by atoms with Crippen LogP contribution < -0.4 is 10.0 Å². The zero-order valence-corrected chi connectivity index (χ0v) is 16.4. The lowest BCUT2D eigenvalue weighted by Gasteiger charge is -2.19. The summed E-state index contributed by atoms with van der Waals surface area (Å²) in [6, 6.07) is 6.79. The predicted molar refractivity (Wildman–Crippen MR) is 100 cm³/mol. The van der Waals surface area contributed by atoms with Crippen molar-refractivity contribution < 1.29 is 13.2 Å². The van der Waals surface area contributed by atoms with E-state index in [0.717, 1.165) is 11.3 Å². The van der Waals surface area contributed by atoms with Crippen molar-refractivity contribution in [2.45, 2.75) is 44.4 Å². The highest BCUT2D eigenvalue weighted by atomic mass is 32.2. The summed E-state index contributed by atoms with van der Waals surface area (Å²) in [5.74, 6) is -0.278. The van der Waals surface area contributed by atoms with Crippen LogP contribution in [0.4, 0.5) is 5.13 Å². The summed E-state index contributed by atoms with van der Waals surface area (Å²) in [6.07, 6.45) is 0.0396. The molecule has 2 N–H and O–H groups in total. The van der Waals surface area contributed by atoms with Crippen LogP contribution in [-0.4, -0.2) is 25.9 Å². The standard InChI is InChI=1S/C17H23N3O3S2/c1-12-11-24-16(19-12)20-15(21)9-10-18-25(22,23)14-7-5-13(6-8-14)17(2,3)4/h5-8,11,18H,9-10H2,1-4H3,(H,19,20,21). The maximum atomic E-state index is 12.3. The first-order chi connectivity index (χ1) is 11.6. The van der Waals surface area contributed by atoms with Gasteiger partial charge in [-0.05, 0) is 30.0 Å². The lowest BCUT2D eigenvalue weighted by molar-refractivity contribution is -0.116. The van der Waals surface area contributed by atoms with Gasteiger partial charge in [-0.25, -0.2) is 18.1 Å². The number of hydrogen-bond acceptors (Lipinski definition) is 5. The fourth-order valence-corrected chi connectivity index (χ4v) is 3.85. The van der Waals surface area contributed by atoms with Crippen LogP contribution in [0.15, 0.2) is 34.5 Å². The minimum absolute atomic E-state index is 0.0273. The van der Waals surface area contributed by atoms with E-state index in [2.05, 4.69) is 35.8 Å². The average Bonchev–Trinajstić information content (AvgIpc) is 2.91. The Morgan fingerprint density at radius 1 is 1.20 bits per heavy atom. The van der Waals surface area contributed by atoms with Gasteiger partial charge in [0.05, 0.1) is 10.6 Å². The molecule has 0 unspecified atom stereocenters. The first-order valence-electron chi connectivity index (χ1n) is 7.90. The van der Waals surface area contributed by atoms with Crippen molar-refractivity contribution in [2.75, 3.05) is 11.9 Å². The third-order valence-electron chi connectivity index (χ3n) is 3.54. The number of aromatic nitrogens is 1. The molecular formula is C17H23N3O3S2. The van der Waals surface area contributed by atoms with Gasteiger partial charge in [-0.3, -0.25) is 4.79 Å². The van der Waals surface area contributed by atoms with E-state index >= 15 is 0 Å². The minimum atomic E-state index is -3.63. The van der Waals surface area contributed by atoms with Gasteiger partial charge in [-0.2, -0.15) is 0 Å². The SMILES string of the molecule is Cc1csc(NC(=O)CCNS(=O)(=O)c2ccc(C(C)(C)C)cc2)n1. The highest BCUT2D eigenvalue weighted by molar-refractivity contribution is 7.89. The smallest absolute Gasteiger partial charge is 0.240 e. The number of aryl methyl sites for hydroxylation is 1. The minimum Gasteiger partial charge on any atom is -0.302 e. The van der Waals surface area contributed by atoms with Crippen LogP contribution in [0.3, 0.4) is 0 Å². The molecular weight excluding hydrogens is 358 g/mol. The fourth-order valence-electron chi connectivity index (χ4n) is 2.11. The zero-order valence-electron chi connectivity index (χ0n) is 14.8. The summed E-state index contributed by atoms with van der Waals surface area (Å²) in [6.45, 7) is 8.07. The van der Waals surface area contributed by atoms with Gasteiger partial charge < -0.3 is 5.32 Å². The first kappa shape index (κ1) is 19.6. The molecule has 0 aliphatic rings. The Balaban J connectivity index is 1.89. The van der Waals surface area contributed by atoms with E-state index in [-0.39, 0.29) is 29.2 Å². The third-order valence-corrected chi connectivity index (χ3v) is 5.89. The van der Waals surface area contributed by atoms with Crippen molar-refractivity contribution in [1.82, 2.24) is 9.71 Å². The van der Waals surface area contributed by atoms with Crippen LogP contribution in [-0.2, 0) is 20.2 Å². The van der Waals surface area contributed by atoms with Crippen molar-refractivity contribution in [1.29, 1.82) is 0 Å². The van der Waals surface area contributed by atoms with E-state index in [9.17, 15) is 13.2 Å². The fraction of sp³-hybridized carbons (Fsp3) is 0.412. The van der Waals surface area contributed by atoms with Crippen LogP contribution in [0.2, 0.25) is 0 Å². The molecule has 0 aliphatic heterocycles. The van der Waals surface area contributed by atoms with Crippen molar-refractivity contribution in [2.24, 2.45) is 0 Å². The Morgan fingerprint density at radius 2 is 1.84 bits per heavy atom. The Hall–Kier alpha value is -1.77. The second kappa shape index (κ2) is 7.63. The van der Waals surface area contributed by atoms with Gasteiger partial charge in [0.2, 0.25) is 15.9 Å². The van der Waals surface area contributed by atoms with Crippen molar-refractivity contribution in [3.63, 3.8) is 0 Å². The van der Waals surface area contributed by atoms with E-state index < -0.39 is 10.0 Å². The molecule has 8 heteroatoms. The number of carbonyl (C=O) groups is 1. The van der Waals surface area contributed by atoms with Crippen LogP contribution in [0.25, 0.3) is 0 Å². The van der Waals surface area contributed by atoms with Crippen LogP contribution in [0.5, 0.6) is 0 Å². The molecule has 2 rings (SSSR count). The van der Waals surface area contributed by atoms with Crippen molar-refractivity contribution in [3.05, 3.63) is 40.9 Å². The Labute approximate surface area is 152 Å². The van der Waals surface area contributed by atoms with E-state index in [1.165, 1.54) is 11.3 Å². The summed E-state index contributed by atoms with van der Waals surface area (Å²) in [5.41, 5.74) is 1.85. The van der Waals surface area contributed by atoms with E-state index in [1.54, 1.807) is 12.1 Å². The number of hydrogen-bond donors (Lipinski definition) is 2. The Kier molecular flexibility index (Phi) is 5.97. The maximum absolute atomic E-state index is 12.3. The number of carbonyl (C=O) groups excluding carboxylic acids is 1. The quantitative estimate of drug-likeness (QED) is 0.805. The lowest BCUT2D eigenvalue weighted by atomic mass is 9.87. The second-order valence-electron chi connectivity index (χ2n) is 6.76. The van der Waals surface area contributed by atoms with Gasteiger partial charge in [-0.1, -0.05) is 32.9 Å². The Bertz CT molecular complexity index is 835. The highest BCUT2D eigenvalue weighted by Crippen LogP contribution is 2.23. The molecule has 0 radical (unpaired) electrons.